The van der Waals surface area contributed by atoms with Crippen LogP contribution in [0.25, 0.3) is 11.1 Å². The topological polar surface area (TPSA) is 44.5 Å². The van der Waals surface area contributed by atoms with Crippen LogP contribution in [0.15, 0.2) is 42.5 Å². The van der Waals surface area contributed by atoms with Gasteiger partial charge >= 0.3 is 6.36 Å². The molecule has 2 N–H and O–H groups in total. The predicted octanol–water partition coefficient (Wildman–Crippen LogP) is 3.90. The van der Waals surface area contributed by atoms with Gasteiger partial charge in [-0.15, -0.1) is 13.2 Å². The van der Waals surface area contributed by atoms with Crippen LogP contribution in [-0.2, 0) is 0 Å². The largest absolute Gasteiger partial charge is 0.573 e. The molecule has 0 unspecified atom stereocenters. The van der Waals surface area contributed by atoms with E-state index in [1.54, 1.807) is 12.1 Å². The van der Waals surface area contributed by atoms with Gasteiger partial charge in [0.25, 0.3) is 0 Å². The van der Waals surface area contributed by atoms with Crippen molar-refractivity contribution in [1.82, 2.24) is 0 Å². The molecule has 0 atom stereocenters. The van der Waals surface area contributed by atoms with E-state index in [4.69, 9.17) is 10.5 Å². The lowest BCUT2D eigenvalue weighted by atomic mass is 10.0. The summed E-state index contributed by atoms with van der Waals surface area (Å²) >= 11 is 0. The molecule has 0 heterocycles. The highest BCUT2D eigenvalue weighted by molar-refractivity contribution is 5.66. The Morgan fingerprint density at radius 3 is 2.18 bits per heavy atom. The lowest BCUT2D eigenvalue weighted by Crippen LogP contribution is -2.16. The van der Waals surface area contributed by atoms with Crippen LogP contribution in [-0.4, -0.2) is 19.5 Å². The van der Waals surface area contributed by atoms with Gasteiger partial charge in [0.05, 0.1) is 0 Å². The van der Waals surface area contributed by atoms with Gasteiger partial charge in [-0.3, -0.25) is 0 Å². The van der Waals surface area contributed by atoms with Crippen molar-refractivity contribution in [2.75, 3.05) is 13.2 Å². The Balaban J connectivity index is 2.16. The van der Waals surface area contributed by atoms with Gasteiger partial charge in [0.15, 0.2) is 0 Å². The molecule has 22 heavy (non-hydrogen) atoms. The molecule has 0 aromatic heterocycles. The number of rotatable bonds is 5. The number of ether oxygens (including phenoxy) is 2. The van der Waals surface area contributed by atoms with Crippen molar-refractivity contribution in [3.63, 3.8) is 0 Å². The van der Waals surface area contributed by atoms with E-state index in [1.165, 1.54) is 12.1 Å². The third-order valence-electron chi connectivity index (χ3n) is 2.97. The zero-order valence-electron chi connectivity index (χ0n) is 12.0. The van der Waals surface area contributed by atoms with Gasteiger partial charge in [-0.05, 0) is 47.9 Å². The molecule has 0 spiro atoms. The molecule has 3 nitrogen and oxygen atoms in total. The lowest BCUT2D eigenvalue weighted by molar-refractivity contribution is -0.274. The zero-order chi connectivity index (χ0) is 16.2. The molecule has 118 valence electrons. The van der Waals surface area contributed by atoms with E-state index in [2.05, 4.69) is 4.74 Å². The average Bonchev–Trinajstić information content (AvgIpc) is 2.45. The van der Waals surface area contributed by atoms with E-state index in [-0.39, 0.29) is 5.75 Å². The third-order valence-corrected chi connectivity index (χ3v) is 2.97. The van der Waals surface area contributed by atoms with E-state index in [9.17, 15) is 13.2 Å². The molecule has 0 saturated heterocycles. The molecule has 2 aromatic rings. The molecule has 6 heteroatoms. The summed E-state index contributed by atoms with van der Waals surface area (Å²) in [7, 11) is 0. The van der Waals surface area contributed by atoms with Crippen LogP contribution < -0.4 is 15.2 Å². The van der Waals surface area contributed by atoms with Crippen LogP contribution in [0.1, 0.15) is 5.56 Å². The molecule has 0 radical (unpaired) electrons. The van der Waals surface area contributed by atoms with Crippen LogP contribution in [0, 0.1) is 6.92 Å². The second kappa shape index (κ2) is 6.70. The normalized spacial score (nSPS) is 11.3. The number of hydrogen-bond acceptors (Lipinski definition) is 3. The maximum absolute atomic E-state index is 12.1. The van der Waals surface area contributed by atoms with Gasteiger partial charge in [0.1, 0.15) is 18.1 Å². The fraction of sp³-hybridized carbons (Fsp3) is 0.250. The van der Waals surface area contributed by atoms with Crippen LogP contribution >= 0.6 is 0 Å². The number of aryl methyl sites for hydroxylation is 1. The van der Waals surface area contributed by atoms with Gasteiger partial charge < -0.3 is 15.2 Å². The van der Waals surface area contributed by atoms with Gasteiger partial charge in [-0.25, -0.2) is 0 Å². The van der Waals surface area contributed by atoms with Gasteiger partial charge in [-0.1, -0.05) is 18.2 Å². The summed E-state index contributed by atoms with van der Waals surface area (Å²) in [6.07, 6.45) is -4.68. The summed E-state index contributed by atoms with van der Waals surface area (Å²) in [5.74, 6) is 0.502. The summed E-state index contributed by atoms with van der Waals surface area (Å²) in [5, 5.41) is 0. The molecule has 0 fully saturated rings. The van der Waals surface area contributed by atoms with Crippen molar-refractivity contribution in [2.45, 2.75) is 13.3 Å². The highest BCUT2D eigenvalue weighted by Crippen LogP contribution is 2.29. The van der Waals surface area contributed by atoms with E-state index in [1.807, 2.05) is 25.1 Å². The summed E-state index contributed by atoms with van der Waals surface area (Å²) in [4.78, 5) is 0. The number of hydrogen-bond donors (Lipinski definition) is 1. The number of benzene rings is 2. The van der Waals surface area contributed by atoms with Gasteiger partial charge in [-0.2, -0.15) is 0 Å². The summed E-state index contributed by atoms with van der Waals surface area (Å²) < 4.78 is 45.7. The monoisotopic (exact) mass is 311 g/mol. The molecule has 0 aliphatic rings. The third kappa shape index (κ3) is 4.39. The first kappa shape index (κ1) is 16.2. The first-order chi connectivity index (χ1) is 10.4. The van der Waals surface area contributed by atoms with E-state index < -0.39 is 6.36 Å². The Labute approximate surface area is 126 Å². The molecule has 2 aromatic carbocycles. The maximum atomic E-state index is 12.1. The Kier molecular flexibility index (Phi) is 4.92. The second-order valence-corrected chi connectivity index (χ2v) is 4.69. The van der Waals surface area contributed by atoms with Crippen molar-refractivity contribution in [2.24, 2.45) is 5.73 Å². The highest BCUT2D eigenvalue weighted by atomic mass is 19.4. The Morgan fingerprint density at radius 2 is 1.64 bits per heavy atom. The molecule has 2 rings (SSSR count). The van der Waals surface area contributed by atoms with E-state index >= 15 is 0 Å². The van der Waals surface area contributed by atoms with Crippen molar-refractivity contribution in [3.05, 3.63) is 48.0 Å². The summed E-state index contributed by atoms with van der Waals surface area (Å²) in [6.45, 7) is 2.77. The van der Waals surface area contributed by atoms with Crippen LogP contribution in [0.4, 0.5) is 13.2 Å². The Bertz CT molecular complexity index is 624. The molecular weight excluding hydrogens is 295 g/mol. The van der Waals surface area contributed by atoms with E-state index in [0.29, 0.717) is 13.2 Å². The summed E-state index contributed by atoms with van der Waals surface area (Å²) in [5.41, 5.74) is 8.00. The molecule has 0 bridgehead atoms. The maximum Gasteiger partial charge on any atom is 0.573 e. The second-order valence-electron chi connectivity index (χ2n) is 4.69. The predicted molar refractivity (Wildman–Crippen MR) is 77.8 cm³/mol. The smallest absolute Gasteiger partial charge is 0.492 e. The zero-order valence-corrected chi connectivity index (χ0v) is 12.0. The van der Waals surface area contributed by atoms with Crippen molar-refractivity contribution in [3.8, 4) is 22.6 Å². The lowest BCUT2D eigenvalue weighted by Gasteiger charge is -2.11. The van der Waals surface area contributed by atoms with Crippen molar-refractivity contribution >= 4 is 0 Å². The number of nitrogens with two attached hydrogens (primary N) is 1. The standard InChI is InChI=1S/C16H16F3NO2/c1-11-10-13(4-7-15(11)21-9-8-20)12-2-5-14(6-3-12)22-16(17,18)19/h2-7,10H,8-9,20H2,1H3. The number of alkyl halides is 3. The first-order valence-electron chi connectivity index (χ1n) is 6.69. The highest BCUT2D eigenvalue weighted by Gasteiger charge is 2.30. The van der Waals surface area contributed by atoms with E-state index in [0.717, 1.165) is 22.4 Å². The van der Waals surface area contributed by atoms with Crippen LogP contribution in [0.5, 0.6) is 11.5 Å². The van der Waals surface area contributed by atoms with Crippen molar-refractivity contribution in [1.29, 1.82) is 0 Å². The molecule has 0 amide bonds. The molecule has 0 aliphatic carbocycles. The SMILES string of the molecule is Cc1cc(-c2ccc(OC(F)(F)F)cc2)ccc1OCCN. The van der Waals surface area contributed by atoms with Gasteiger partial charge in [0.2, 0.25) is 0 Å². The number of halogens is 3. The van der Waals surface area contributed by atoms with Crippen LogP contribution in [0.2, 0.25) is 0 Å². The average molecular weight is 311 g/mol. The first-order valence-corrected chi connectivity index (χ1v) is 6.69. The van der Waals surface area contributed by atoms with Crippen molar-refractivity contribution < 1.29 is 22.6 Å². The van der Waals surface area contributed by atoms with Crippen LogP contribution in [0.3, 0.4) is 0 Å². The fourth-order valence-electron chi connectivity index (χ4n) is 2.01. The molecule has 0 aliphatic heterocycles. The summed E-state index contributed by atoms with van der Waals surface area (Å²) in [6, 6.07) is 11.3. The quantitative estimate of drug-likeness (QED) is 0.911. The Hall–Kier alpha value is -2.21. The molecular formula is C16H16F3NO2. The minimum Gasteiger partial charge on any atom is -0.492 e. The Morgan fingerprint density at radius 1 is 1.00 bits per heavy atom. The fourth-order valence-corrected chi connectivity index (χ4v) is 2.01. The molecule has 0 saturated carbocycles. The minimum atomic E-state index is -4.68. The van der Waals surface area contributed by atoms with Gasteiger partial charge in [0, 0.05) is 6.54 Å². The minimum absolute atomic E-state index is 0.240.